The summed E-state index contributed by atoms with van der Waals surface area (Å²) in [6, 6.07) is 17.8. The lowest BCUT2D eigenvalue weighted by Gasteiger charge is -2.17. The second-order valence-electron chi connectivity index (χ2n) is 7.30. The molecule has 1 N–H and O–H groups in total. The minimum atomic E-state index is -0.0297. The van der Waals surface area contributed by atoms with Gasteiger partial charge < -0.3 is 14.8 Å². The molecular formula is C22H25NO3. The molecule has 2 fully saturated rings. The van der Waals surface area contributed by atoms with E-state index in [2.05, 4.69) is 29.6 Å². The summed E-state index contributed by atoms with van der Waals surface area (Å²) in [7, 11) is 0. The molecule has 0 unspecified atom stereocenters. The first-order valence-electron chi connectivity index (χ1n) is 9.43. The van der Waals surface area contributed by atoms with E-state index in [4.69, 9.17) is 9.47 Å². The summed E-state index contributed by atoms with van der Waals surface area (Å²) in [5.41, 5.74) is 2.11. The van der Waals surface area contributed by atoms with E-state index in [1.165, 1.54) is 5.56 Å². The van der Waals surface area contributed by atoms with Crippen molar-refractivity contribution >= 4 is 5.91 Å². The predicted molar refractivity (Wildman–Crippen MR) is 101 cm³/mol. The summed E-state index contributed by atoms with van der Waals surface area (Å²) in [6.45, 7) is 2.09. The number of hydrogen-bond acceptors (Lipinski definition) is 3. The number of carbonyl (C=O) groups is 1. The third-order valence-corrected chi connectivity index (χ3v) is 5.40. The molecule has 0 bridgehead atoms. The summed E-state index contributed by atoms with van der Waals surface area (Å²) < 4.78 is 11.3. The molecule has 1 aliphatic heterocycles. The molecule has 26 heavy (non-hydrogen) atoms. The largest absolute Gasteiger partial charge is 0.491 e. The molecule has 1 aliphatic carbocycles. The van der Waals surface area contributed by atoms with E-state index in [0.29, 0.717) is 18.7 Å². The Morgan fingerprint density at radius 3 is 2.54 bits per heavy atom. The van der Waals surface area contributed by atoms with Crippen LogP contribution in [0, 0.1) is 0 Å². The molecule has 0 radical (unpaired) electrons. The second kappa shape index (κ2) is 7.50. The smallest absolute Gasteiger partial charge is 0.251 e. The van der Waals surface area contributed by atoms with E-state index >= 15 is 0 Å². The minimum absolute atomic E-state index is 0.0297. The van der Waals surface area contributed by atoms with Crippen LogP contribution in [0.5, 0.6) is 5.75 Å². The maximum absolute atomic E-state index is 12.5. The fourth-order valence-corrected chi connectivity index (χ4v) is 3.53. The van der Waals surface area contributed by atoms with Gasteiger partial charge in [0, 0.05) is 24.1 Å². The number of hydrogen-bond donors (Lipinski definition) is 1. The van der Waals surface area contributed by atoms with Gasteiger partial charge in [0.05, 0.1) is 6.10 Å². The molecule has 1 saturated carbocycles. The number of nitrogens with one attached hydrogen (secondary N) is 1. The van der Waals surface area contributed by atoms with Crippen molar-refractivity contribution in [3.8, 4) is 5.75 Å². The van der Waals surface area contributed by atoms with Crippen LogP contribution in [-0.4, -0.2) is 31.8 Å². The van der Waals surface area contributed by atoms with Crippen molar-refractivity contribution in [3.63, 3.8) is 0 Å². The highest BCUT2D eigenvalue weighted by Crippen LogP contribution is 2.47. The maximum atomic E-state index is 12.5. The Labute approximate surface area is 154 Å². The van der Waals surface area contributed by atoms with Gasteiger partial charge in [-0.3, -0.25) is 4.79 Å². The van der Waals surface area contributed by atoms with E-state index in [9.17, 15) is 4.79 Å². The molecule has 4 rings (SSSR count). The third-order valence-electron chi connectivity index (χ3n) is 5.40. The van der Waals surface area contributed by atoms with Crippen LogP contribution in [0.4, 0.5) is 0 Å². The van der Waals surface area contributed by atoms with Crippen molar-refractivity contribution in [1.29, 1.82) is 0 Å². The highest BCUT2D eigenvalue weighted by atomic mass is 16.5. The molecule has 1 saturated heterocycles. The summed E-state index contributed by atoms with van der Waals surface area (Å²) in [5.74, 6) is 0.748. The van der Waals surface area contributed by atoms with Gasteiger partial charge in [0.1, 0.15) is 12.4 Å². The highest BCUT2D eigenvalue weighted by Gasteiger charge is 2.44. The lowest BCUT2D eigenvalue weighted by Crippen LogP contribution is -2.32. The average Bonchev–Trinajstić information content (AvgIpc) is 3.31. The monoisotopic (exact) mass is 351 g/mol. The standard InChI is InChI=1S/C22H25NO3/c24-21(23-16-22(12-13-22)18-5-2-1-3-6-18)17-8-10-19(11-9-17)26-15-20-7-4-14-25-20/h1-3,5-6,8-11,20H,4,7,12-16H2,(H,23,24)/t20-/m0/s1. The molecule has 2 aromatic carbocycles. The molecule has 4 heteroatoms. The Kier molecular flexibility index (Phi) is 4.93. The van der Waals surface area contributed by atoms with E-state index in [1.807, 2.05) is 30.3 Å². The Morgan fingerprint density at radius 2 is 1.88 bits per heavy atom. The van der Waals surface area contributed by atoms with E-state index in [-0.39, 0.29) is 17.4 Å². The first kappa shape index (κ1) is 17.1. The van der Waals surface area contributed by atoms with Gasteiger partial charge in [-0.15, -0.1) is 0 Å². The van der Waals surface area contributed by atoms with E-state index in [1.54, 1.807) is 0 Å². The topological polar surface area (TPSA) is 47.6 Å². The molecule has 1 amide bonds. The average molecular weight is 351 g/mol. The second-order valence-corrected chi connectivity index (χ2v) is 7.30. The lowest BCUT2D eigenvalue weighted by atomic mass is 9.96. The summed E-state index contributed by atoms with van der Waals surface area (Å²) >= 11 is 0. The molecule has 0 spiro atoms. The van der Waals surface area contributed by atoms with Crippen LogP contribution in [0.15, 0.2) is 54.6 Å². The summed E-state index contributed by atoms with van der Waals surface area (Å²) in [6.07, 6.45) is 4.63. The lowest BCUT2D eigenvalue weighted by molar-refractivity contribution is 0.0679. The molecule has 0 aromatic heterocycles. The maximum Gasteiger partial charge on any atom is 0.251 e. The van der Waals surface area contributed by atoms with Crippen LogP contribution >= 0.6 is 0 Å². The first-order valence-corrected chi connectivity index (χ1v) is 9.43. The minimum Gasteiger partial charge on any atom is -0.491 e. The van der Waals surface area contributed by atoms with Gasteiger partial charge >= 0.3 is 0 Å². The zero-order valence-electron chi connectivity index (χ0n) is 14.9. The molecule has 4 nitrogen and oxygen atoms in total. The Balaban J connectivity index is 1.29. The van der Waals surface area contributed by atoms with Gasteiger partial charge in [0.2, 0.25) is 0 Å². The number of carbonyl (C=O) groups excluding carboxylic acids is 1. The number of benzene rings is 2. The van der Waals surface area contributed by atoms with Crippen LogP contribution in [-0.2, 0) is 10.2 Å². The molecule has 1 atom stereocenters. The quantitative estimate of drug-likeness (QED) is 0.827. The molecule has 136 valence electrons. The van der Waals surface area contributed by atoms with Gasteiger partial charge in [0.25, 0.3) is 5.91 Å². The number of ether oxygens (including phenoxy) is 2. The van der Waals surface area contributed by atoms with Crippen molar-refractivity contribution in [3.05, 3.63) is 65.7 Å². The van der Waals surface area contributed by atoms with Crippen LogP contribution < -0.4 is 10.1 Å². The van der Waals surface area contributed by atoms with Crippen LogP contribution in [0.2, 0.25) is 0 Å². The van der Waals surface area contributed by atoms with Crippen molar-refractivity contribution in [2.45, 2.75) is 37.2 Å². The normalized spacial score (nSPS) is 20.5. The number of amides is 1. The SMILES string of the molecule is O=C(NCC1(c2ccccc2)CC1)c1ccc(OC[C@@H]2CCCO2)cc1. The Hall–Kier alpha value is -2.33. The molecular weight excluding hydrogens is 326 g/mol. The fraction of sp³-hybridized carbons (Fsp3) is 0.409. The first-order chi connectivity index (χ1) is 12.8. The molecule has 2 aliphatic rings. The number of rotatable bonds is 7. The summed E-state index contributed by atoms with van der Waals surface area (Å²) in [5, 5.41) is 3.10. The third kappa shape index (κ3) is 3.91. The van der Waals surface area contributed by atoms with Gasteiger partial charge in [-0.1, -0.05) is 30.3 Å². The van der Waals surface area contributed by atoms with Crippen molar-refractivity contribution in [2.24, 2.45) is 0 Å². The predicted octanol–water partition coefficient (Wildman–Crippen LogP) is 3.71. The highest BCUT2D eigenvalue weighted by molar-refractivity contribution is 5.94. The fourth-order valence-electron chi connectivity index (χ4n) is 3.53. The van der Waals surface area contributed by atoms with Gasteiger partial charge in [0.15, 0.2) is 0 Å². The summed E-state index contributed by atoms with van der Waals surface area (Å²) in [4.78, 5) is 12.5. The van der Waals surface area contributed by atoms with Crippen molar-refractivity contribution in [1.82, 2.24) is 5.32 Å². The van der Waals surface area contributed by atoms with Crippen LogP contribution in [0.1, 0.15) is 41.6 Å². The van der Waals surface area contributed by atoms with Gasteiger partial charge in [-0.05, 0) is 55.5 Å². The van der Waals surface area contributed by atoms with Crippen molar-refractivity contribution in [2.75, 3.05) is 19.8 Å². The van der Waals surface area contributed by atoms with Gasteiger partial charge in [-0.2, -0.15) is 0 Å². The van der Waals surface area contributed by atoms with Crippen LogP contribution in [0.3, 0.4) is 0 Å². The van der Waals surface area contributed by atoms with Gasteiger partial charge in [-0.25, -0.2) is 0 Å². The van der Waals surface area contributed by atoms with Crippen molar-refractivity contribution < 1.29 is 14.3 Å². The van der Waals surface area contributed by atoms with E-state index in [0.717, 1.165) is 38.0 Å². The molecule has 2 aromatic rings. The zero-order valence-corrected chi connectivity index (χ0v) is 14.9. The molecule has 1 heterocycles. The van der Waals surface area contributed by atoms with E-state index < -0.39 is 0 Å². The Bertz CT molecular complexity index is 732. The zero-order chi connectivity index (χ0) is 17.8. The van der Waals surface area contributed by atoms with Crippen LogP contribution in [0.25, 0.3) is 0 Å². The Morgan fingerprint density at radius 1 is 1.12 bits per heavy atom.